The second kappa shape index (κ2) is 6.57. The molecular weight excluding hydrogens is 258 g/mol. The van der Waals surface area contributed by atoms with E-state index in [9.17, 15) is 4.79 Å². The van der Waals surface area contributed by atoms with Crippen molar-refractivity contribution >= 4 is 11.6 Å². The molecule has 110 valence electrons. The summed E-state index contributed by atoms with van der Waals surface area (Å²) in [7, 11) is 0. The molecule has 0 radical (unpaired) electrons. The van der Waals surface area contributed by atoms with E-state index in [1.54, 1.807) is 0 Å². The SMILES string of the molecule is CCc1cccc(CC)c1NC(=O)c1cccc(C)c1C. The highest BCUT2D eigenvalue weighted by atomic mass is 16.1. The lowest BCUT2D eigenvalue weighted by molar-refractivity contribution is 0.102. The van der Waals surface area contributed by atoms with Crippen LogP contribution in [0.15, 0.2) is 36.4 Å². The topological polar surface area (TPSA) is 29.1 Å². The molecule has 21 heavy (non-hydrogen) atoms. The van der Waals surface area contributed by atoms with Gasteiger partial charge in [-0.15, -0.1) is 0 Å². The number of nitrogens with one attached hydrogen (secondary N) is 1. The fourth-order valence-electron chi connectivity index (χ4n) is 2.58. The smallest absolute Gasteiger partial charge is 0.255 e. The van der Waals surface area contributed by atoms with Gasteiger partial charge in [0.05, 0.1) is 0 Å². The van der Waals surface area contributed by atoms with E-state index in [2.05, 4.69) is 37.4 Å². The minimum absolute atomic E-state index is 0.0215. The number of hydrogen-bond acceptors (Lipinski definition) is 1. The van der Waals surface area contributed by atoms with E-state index in [1.165, 1.54) is 11.1 Å². The zero-order valence-corrected chi connectivity index (χ0v) is 13.3. The maximum absolute atomic E-state index is 12.6. The van der Waals surface area contributed by atoms with Crippen LogP contribution in [-0.4, -0.2) is 5.91 Å². The standard InChI is InChI=1S/C19H23NO/c1-5-15-10-8-11-16(6-2)18(15)20-19(21)17-12-7-9-13(3)14(17)4/h7-12H,5-6H2,1-4H3,(H,20,21). The van der Waals surface area contributed by atoms with Crippen LogP contribution in [-0.2, 0) is 12.8 Å². The Hall–Kier alpha value is -2.09. The predicted molar refractivity (Wildman–Crippen MR) is 89.1 cm³/mol. The molecule has 1 amide bonds. The monoisotopic (exact) mass is 281 g/mol. The van der Waals surface area contributed by atoms with Gasteiger partial charge in [0.25, 0.3) is 5.91 Å². The van der Waals surface area contributed by atoms with Crippen molar-refractivity contribution in [2.24, 2.45) is 0 Å². The molecule has 0 aliphatic rings. The van der Waals surface area contributed by atoms with Crippen molar-refractivity contribution in [2.75, 3.05) is 5.32 Å². The molecule has 0 aliphatic heterocycles. The third-order valence-electron chi connectivity index (χ3n) is 4.09. The minimum Gasteiger partial charge on any atom is -0.321 e. The summed E-state index contributed by atoms with van der Waals surface area (Å²) in [4.78, 5) is 12.6. The maximum Gasteiger partial charge on any atom is 0.255 e. The van der Waals surface area contributed by atoms with Gasteiger partial charge >= 0.3 is 0 Å². The molecule has 2 aromatic rings. The second-order valence-electron chi connectivity index (χ2n) is 5.36. The first kappa shape index (κ1) is 15.3. The molecule has 0 saturated heterocycles. The number of anilines is 1. The molecule has 0 unspecified atom stereocenters. The lowest BCUT2D eigenvalue weighted by Gasteiger charge is -2.15. The largest absolute Gasteiger partial charge is 0.321 e. The van der Waals surface area contributed by atoms with Crippen molar-refractivity contribution in [3.8, 4) is 0 Å². The minimum atomic E-state index is -0.0215. The van der Waals surface area contributed by atoms with Crippen LogP contribution >= 0.6 is 0 Å². The van der Waals surface area contributed by atoms with Gasteiger partial charge in [-0.3, -0.25) is 4.79 Å². The summed E-state index contributed by atoms with van der Waals surface area (Å²) in [5, 5.41) is 3.13. The third-order valence-corrected chi connectivity index (χ3v) is 4.09. The fourth-order valence-corrected chi connectivity index (χ4v) is 2.58. The van der Waals surface area contributed by atoms with Gasteiger partial charge in [0.1, 0.15) is 0 Å². The number of rotatable bonds is 4. The Kier molecular flexibility index (Phi) is 4.79. The summed E-state index contributed by atoms with van der Waals surface area (Å²) in [6, 6.07) is 12.1. The maximum atomic E-state index is 12.6. The Morgan fingerprint density at radius 3 is 2.10 bits per heavy atom. The Labute approximate surface area is 127 Å². The highest BCUT2D eigenvalue weighted by Crippen LogP contribution is 2.24. The molecule has 0 aliphatic carbocycles. The van der Waals surface area contributed by atoms with Gasteiger partial charge in [0, 0.05) is 11.3 Å². The van der Waals surface area contributed by atoms with Crippen LogP contribution in [0.25, 0.3) is 0 Å². The van der Waals surface area contributed by atoms with Crippen LogP contribution in [0.2, 0.25) is 0 Å². The number of carbonyl (C=O) groups is 1. The van der Waals surface area contributed by atoms with E-state index in [0.717, 1.165) is 35.2 Å². The first-order valence-corrected chi connectivity index (χ1v) is 7.56. The van der Waals surface area contributed by atoms with Crippen LogP contribution in [0.3, 0.4) is 0 Å². The molecule has 2 rings (SSSR count). The molecule has 2 aromatic carbocycles. The summed E-state index contributed by atoms with van der Waals surface area (Å²) >= 11 is 0. The molecule has 0 fully saturated rings. The number of aryl methyl sites for hydroxylation is 3. The molecule has 2 nitrogen and oxygen atoms in total. The normalized spacial score (nSPS) is 10.5. The van der Waals surface area contributed by atoms with Gasteiger partial charge < -0.3 is 5.32 Å². The van der Waals surface area contributed by atoms with Gasteiger partial charge in [-0.05, 0) is 55.0 Å². The van der Waals surface area contributed by atoms with Crippen molar-refractivity contribution in [1.29, 1.82) is 0 Å². The van der Waals surface area contributed by atoms with Crippen molar-refractivity contribution in [3.05, 3.63) is 64.2 Å². The Morgan fingerprint density at radius 2 is 1.52 bits per heavy atom. The van der Waals surface area contributed by atoms with Gasteiger partial charge in [-0.1, -0.05) is 44.2 Å². The Morgan fingerprint density at radius 1 is 0.952 bits per heavy atom. The van der Waals surface area contributed by atoms with Crippen LogP contribution < -0.4 is 5.32 Å². The summed E-state index contributed by atoms with van der Waals surface area (Å²) in [5.74, 6) is -0.0215. The van der Waals surface area contributed by atoms with E-state index in [0.29, 0.717) is 0 Å². The molecule has 0 aromatic heterocycles. The van der Waals surface area contributed by atoms with E-state index in [-0.39, 0.29) is 5.91 Å². The number of benzene rings is 2. The van der Waals surface area contributed by atoms with Crippen molar-refractivity contribution in [3.63, 3.8) is 0 Å². The first-order chi connectivity index (χ1) is 10.1. The molecular formula is C19H23NO. The molecule has 0 atom stereocenters. The van der Waals surface area contributed by atoms with Gasteiger partial charge in [0.2, 0.25) is 0 Å². The molecule has 1 N–H and O–H groups in total. The van der Waals surface area contributed by atoms with E-state index < -0.39 is 0 Å². The van der Waals surface area contributed by atoms with Crippen molar-refractivity contribution in [2.45, 2.75) is 40.5 Å². The number of hydrogen-bond donors (Lipinski definition) is 1. The summed E-state index contributed by atoms with van der Waals surface area (Å²) in [6.45, 7) is 8.25. The first-order valence-electron chi connectivity index (χ1n) is 7.56. The third kappa shape index (κ3) is 3.15. The Balaban J connectivity index is 2.38. The van der Waals surface area contributed by atoms with Gasteiger partial charge in [0.15, 0.2) is 0 Å². The number of amides is 1. The lowest BCUT2D eigenvalue weighted by atomic mass is 10.0. The summed E-state index contributed by atoms with van der Waals surface area (Å²) in [5.41, 5.74) is 6.29. The molecule has 0 bridgehead atoms. The summed E-state index contributed by atoms with van der Waals surface area (Å²) < 4.78 is 0. The Bertz CT molecular complexity index is 636. The van der Waals surface area contributed by atoms with E-state index in [4.69, 9.17) is 0 Å². The molecule has 0 heterocycles. The van der Waals surface area contributed by atoms with Crippen LogP contribution in [0.5, 0.6) is 0 Å². The average molecular weight is 281 g/mol. The lowest BCUT2D eigenvalue weighted by Crippen LogP contribution is -2.16. The van der Waals surface area contributed by atoms with Gasteiger partial charge in [-0.25, -0.2) is 0 Å². The van der Waals surface area contributed by atoms with E-state index >= 15 is 0 Å². The average Bonchev–Trinajstić information content (AvgIpc) is 2.50. The zero-order chi connectivity index (χ0) is 15.4. The zero-order valence-electron chi connectivity index (χ0n) is 13.3. The highest BCUT2D eigenvalue weighted by molar-refractivity contribution is 6.06. The van der Waals surface area contributed by atoms with Crippen LogP contribution in [0, 0.1) is 13.8 Å². The van der Waals surface area contributed by atoms with Crippen molar-refractivity contribution < 1.29 is 4.79 Å². The van der Waals surface area contributed by atoms with Crippen molar-refractivity contribution in [1.82, 2.24) is 0 Å². The number of para-hydroxylation sites is 1. The van der Waals surface area contributed by atoms with Crippen LogP contribution in [0.1, 0.15) is 46.5 Å². The molecule has 0 saturated carbocycles. The second-order valence-corrected chi connectivity index (χ2v) is 5.36. The highest BCUT2D eigenvalue weighted by Gasteiger charge is 2.14. The number of carbonyl (C=O) groups excluding carboxylic acids is 1. The molecule has 2 heteroatoms. The quantitative estimate of drug-likeness (QED) is 0.866. The predicted octanol–water partition coefficient (Wildman–Crippen LogP) is 4.68. The van der Waals surface area contributed by atoms with Crippen LogP contribution in [0.4, 0.5) is 5.69 Å². The molecule has 0 spiro atoms. The van der Waals surface area contributed by atoms with E-state index in [1.807, 2.05) is 32.0 Å². The fraction of sp³-hybridized carbons (Fsp3) is 0.316. The van der Waals surface area contributed by atoms with Gasteiger partial charge in [-0.2, -0.15) is 0 Å². The summed E-state index contributed by atoms with van der Waals surface area (Å²) in [6.07, 6.45) is 1.83.